The molecule has 0 aliphatic carbocycles. The Balaban J connectivity index is 1.71. The minimum Gasteiger partial charge on any atom is -0.507 e. The number of nitrogens with zero attached hydrogens (tertiary/aromatic N) is 1. The number of halogens is 2. The number of phenolic OH excluding ortho intramolecular Hbond substituents is 1. The molecule has 2 N–H and O–H groups in total. The van der Waals surface area contributed by atoms with Crippen molar-refractivity contribution in [3.63, 3.8) is 0 Å². The lowest BCUT2D eigenvalue weighted by Gasteiger charge is -2.02. The molecule has 1 amide bonds. The average Bonchev–Trinajstić information content (AvgIpc) is 3.06. The van der Waals surface area contributed by atoms with Gasteiger partial charge < -0.3 is 9.52 Å². The molecule has 0 saturated heterocycles. The van der Waals surface area contributed by atoms with Gasteiger partial charge in [-0.3, -0.25) is 4.79 Å². The van der Waals surface area contributed by atoms with E-state index in [9.17, 15) is 9.90 Å². The molecule has 0 bridgehead atoms. The summed E-state index contributed by atoms with van der Waals surface area (Å²) < 4.78 is 5.62. The maximum Gasteiger partial charge on any atom is 0.275 e. The third kappa shape index (κ3) is 3.84. The van der Waals surface area contributed by atoms with Crippen LogP contribution in [0.25, 0.3) is 11.3 Å². The molecule has 0 radical (unpaired) electrons. The molecule has 0 fully saturated rings. The van der Waals surface area contributed by atoms with Crippen LogP contribution in [0.3, 0.4) is 0 Å². The zero-order chi connectivity index (χ0) is 17.8. The maximum absolute atomic E-state index is 11.9. The molecule has 0 atom stereocenters. The van der Waals surface area contributed by atoms with E-state index in [2.05, 4.69) is 10.5 Å². The van der Waals surface area contributed by atoms with Gasteiger partial charge in [0.25, 0.3) is 5.91 Å². The van der Waals surface area contributed by atoms with Crippen molar-refractivity contribution in [2.45, 2.75) is 0 Å². The Morgan fingerprint density at radius 1 is 1.08 bits per heavy atom. The van der Waals surface area contributed by atoms with E-state index in [0.717, 1.165) is 0 Å². The fourth-order valence-corrected chi connectivity index (χ4v) is 2.54. The Morgan fingerprint density at radius 3 is 2.68 bits per heavy atom. The van der Waals surface area contributed by atoms with E-state index in [1.54, 1.807) is 42.5 Å². The molecule has 25 heavy (non-hydrogen) atoms. The summed E-state index contributed by atoms with van der Waals surface area (Å²) in [5.74, 6) is 0.301. The molecule has 1 aromatic heterocycles. The van der Waals surface area contributed by atoms with Crippen LogP contribution < -0.4 is 5.43 Å². The standard InChI is InChI=1S/C18H12Cl2N2O3/c19-14-6-3-5-13(17(14)20)16-9-8-11(25-16)10-21-22-18(24)12-4-1-2-7-15(12)23/h1-10,23H,(H,22,24)/b21-10+. The van der Waals surface area contributed by atoms with Crippen molar-refractivity contribution >= 4 is 35.3 Å². The minimum absolute atomic E-state index is 0.119. The summed E-state index contributed by atoms with van der Waals surface area (Å²) in [5.41, 5.74) is 3.11. The summed E-state index contributed by atoms with van der Waals surface area (Å²) in [6, 6.07) is 14.8. The van der Waals surface area contributed by atoms with E-state index >= 15 is 0 Å². The van der Waals surface area contributed by atoms with Gasteiger partial charge in [-0.15, -0.1) is 0 Å². The molecule has 0 aliphatic heterocycles. The molecule has 5 nitrogen and oxygen atoms in total. The average molecular weight is 375 g/mol. The highest BCUT2D eigenvalue weighted by Gasteiger charge is 2.11. The van der Waals surface area contributed by atoms with Crippen molar-refractivity contribution in [2.75, 3.05) is 0 Å². The third-order valence-electron chi connectivity index (χ3n) is 3.35. The lowest BCUT2D eigenvalue weighted by molar-refractivity contribution is 0.0952. The summed E-state index contributed by atoms with van der Waals surface area (Å²) in [6.45, 7) is 0. The topological polar surface area (TPSA) is 74.8 Å². The number of benzene rings is 2. The molecule has 3 rings (SSSR count). The van der Waals surface area contributed by atoms with Crippen LogP contribution in [0.2, 0.25) is 10.0 Å². The second-order valence-electron chi connectivity index (χ2n) is 5.02. The third-order valence-corrected chi connectivity index (χ3v) is 4.17. The molecule has 0 spiro atoms. The first-order valence-electron chi connectivity index (χ1n) is 7.22. The summed E-state index contributed by atoms with van der Waals surface area (Å²) in [5, 5.41) is 14.3. The molecule has 0 unspecified atom stereocenters. The molecule has 0 saturated carbocycles. The number of aromatic hydroxyl groups is 1. The van der Waals surface area contributed by atoms with Gasteiger partial charge in [0.15, 0.2) is 0 Å². The predicted octanol–water partition coefficient (Wildman–Crippen LogP) is 4.72. The van der Waals surface area contributed by atoms with Gasteiger partial charge in [-0.2, -0.15) is 5.10 Å². The summed E-state index contributed by atoms with van der Waals surface area (Å²) in [7, 11) is 0. The first-order chi connectivity index (χ1) is 12.1. The molecule has 7 heteroatoms. The molecule has 3 aromatic rings. The Morgan fingerprint density at radius 2 is 1.88 bits per heavy atom. The smallest absolute Gasteiger partial charge is 0.275 e. The van der Waals surface area contributed by atoms with E-state index in [1.165, 1.54) is 18.3 Å². The normalized spacial score (nSPS) is 11.0. The van der Waals surface area contributed by atoms with Crippen molar-refractivity contribution in [1.29, 1.82) is 0 Å². The number of para-hydroxylation sites is 1. The van der Waals surface area contributed by atoms with Crippen LogP contribution in [0.5, 0.6) is 5.75 Å². The van der Waals surface area contributed by atoms with Gasteiger partial charge in [-0.1, -0.05) is 41.4 Å². The Kier molecular flexibility index (Phi) is 5.07. The zero-order valence-electron chi connectivity index (χ0n) is 12.7. The highest BCUT2D eigenvalue weighted by Crippen LogP contribution is 2.34. The monoisotopic (exact) mass is 374 g/mol. The molecule has 126 valence electrons. The molecule has 2 aromatic carbocycles. The minimum atomic E-state index is -0.529. The van der Waals surface area contributed by atoms with Crippen molar-refractivity contribution in [3.8, 4) is 17.1 Å². The molecule has 1 heterocycles. The first kappa shape index (κ1) is 17.1. The van der Waals surface area contributed by atoms with Crippen molar-refractivity contribution in [2.24, 2.45) is 5.10 Å². The highest BCUT2D eigenvalue weighted by atomic mass is 35.5. The van der Waals surface area contributed by atoms with E-state index in [1.807, 2.05) is 0 Å². The number of rotatable bonds is 4. The number of hydrogen-bond donors (Lipinski definition) is 2. The summed E-state index contributed by atoms with van der Waals surface area (Å²) in [6.07, 6.45) is 1.35. The number of amides is 1. The van der Waals surface area contributed by atoms with Crippen LogP contribution in [0.15, 0.2) is 64.1 Å². The van der Waals surface area contributed by atoms with Gasteiger partial charge in [0, 0.05) is 5.56 Å². The van der Waals surface area contributed by atoms with Gasteiger partial charge in [-0.25, -0.2) is 5.43 Å². The van der Waals surface area contributed by atoms with Crippen LogP contribution in [0.4, 0.5) is 0 Å². The highest BCUT2D eigenvalue weighted by molar-refractivity contribution is 6.43. The number of nitrogens with one attached hydrogen (secondary N) is 1. The fraction of sp³-hybridized carbons (Fsp3) is 0. The number of phenols is 1. The summed E-state index contributed by atoms with van der Waals surface area (Å²) in [4.78, 5) is 11.9. The number of carbonyl (C=O) groups excluding carboxylic acids is 1. The van der Waals surface area contributed by atoms with Crippen molar-refractivity contribution in [3.05, 3.63) is 76.0 Å². The number of hydrogen-bond acceptors (Lipinski definition) is 4. The van der Waals surface area contributed by atoms with Gasteiger partial charge in [0.2, 0.25) is 0 Å². The van der Waals surface area contributed by atoms with E-state index < -0.39 is 5.91 Å². The number of hydrazone groups is 1. The largest absolute Gasteiger partial charge is 0.507 e. The fourth-order valence-electron chi connectivity index (χ4n) is 2.14. The lowest BCUT2D eigenvalue weighted by atomic mass is 10.2. The number of carbonyl (C=O) groups is 1. The second-order valence-corrected chi connectivity index (χ2v) is 5.80. The van der Waals surface area contributed by atoms with Crippen molar-refractivity contribution in [1.82, 2.24) is 5.43 Å². The van der Waals surface area contributed by atoms with Crippen LogP contribution in [0.1, 0.15) is 16.1 Å². The number of furan rings is 1. The van der Waals surface area contributed by atoms with Crippen LogP contribution in [-0.4, -0.2) is 17.2 Å². The lowest BCUT2D eigenvalue weighted by Crippen LogP contribution is -2.17. The van der Waals surface area contributed by atoms with Gasteiger partial charge >= 0.3 is 0 Å². The SMILES string of the molecule is O=C(N/N=C/c1ccc(-c2cccc(Cl)c2Cl)o1)c1ccccc1O. The second kappa shape index (κ2) is 7.42. The van der Waals surface area contributed by atoms with Crippen LogP contribution >= 0.6 is 23.2 Å². The predicted molar refractivity (Wildman–Crippen MR) is 97.3 cm³/mol. The Hall–Kier alpha value is -2.76. The van der Waals surface area contributed by atoms with E-state index in [4.69, 9.17) is 27.6 Å². The molecular formula is C18H12Cl2N2O3. The Labute approximate surface area is 153 Å². The van der Waals surface area contributed by atoms with Gasteiger partial charge in [0.1, 0.15) is 17.3 Å². The first-order valence-corrected chi connectivity index (χ1v) is 7.97. The Bertz CT molecular complexity index is 951. The van der Waals surface area contributed by atoms with Gasteiger partial charge in [0.05, 0.1) is 21.8 Å². The van der Waals surface area contributed by atoms with Crippen LogP contribution in [-0.2, 0) is 0 Å². The van der Waals surface area contributed by atoms with Crippen molar-refractivity contribution < 1.29 is 14.3 Å². The molecule has 0 aliphatic rings. The van der Waals surface area contributed by atoms with E-state index in [0.29, 0.717) is 27.1 Å². The maximum atomic E-state index is 11.9. The zero-order valence-corrected chi connectivity index (χ0v) is 14.3. The quantitative estimate of drug-likeness (QED) is 0.512. The summed E-state index contributed by atoms with van der Waals surface area (Å²) >= 11 is 12.2. The van der Waals surface area contributed by atoms with Crippen LogP contribution in [0, 0.1) is 0 Å². The molecular weight excluding hydrogens is 363 g/mol. The van der Waals surface area contributed by atoms with Gasteiger partial charge in [-0.05, 0) is 36.4 Å². The van der Waals surface area contributed by atoms with E-state index in [-0.39, 0.29) is 11.3 Å².